The first-order chi connectivity index (χ1) is 9.43. The lowest BCUT2D eigenvalue weighted by Gasteiger charge is -2.19. The van der Waals surface area contributed by atoms with Crippen molar-refractivity contribution >= 4 is 5.69 Å². The van der Waals surface area contributed by atoms with Crippen molar-refractivity contribution in [1.82, 2.24) is 5.32 Å². The number of hydrogen-bond donors (Lipinski definition) is 1. The van der Waals surface area contributed by atoms with Crippen LogP contribution < -0.4 is 5.32 Å². The number of rotatable bonds is 8. The van der Waals surface area contributed by atoms with Gasteiger partial charge in [0, 0.05) is 17.7 Å². The lowest BCUT2D eigenvalue weighted by atomic mass is 9.96. The van der Waals surface area contributed by atoms with Crippen LogP contribution in [-0.2, 0) is 6.42 Å². The molecule has 1 aromatic carbocycles. The van der Waals surface area contributed by atoms with Gasteiger partial charge in [-0.3, -0.25) is 10.1 Å². The zero-order valence-electron chi connectivity index (χ0n) is 12.4. The molecule has 5 heteroatoms. The van der Waals surface area contributed by atoms with Crippen LogP contribution in [0, 0.1) is 21.8 Å². The van der Waals surface area contributed by atoms with Crippen LogP contribution >= 0.6 is 0 Å². The van der Waals surface area contributed by atoms with Crippen LogP contribution in [0.25, 0.3) is 0 Å². The molecule has 0 bridgehead atoms. The Bertz CT molecular complexity index is 449. The van der Waals surface area contributed by atoms with E-state index in [4.69, 9.17) is 0 Å². The summed E-state index contributed by atoms with van der Waals surface area (Å²) in [5.41, 5.74) is 0.479. The summed E-state index contributed by atoms with van der Waals surface area (Å²) in [5, 5.41) is 14.3. The Balaban J connectivity index is 2.76. The van der Waals surface area contributed by atoms with E-state index in [0.717, 1.165) is 25.5 Å². The second kappa shape index (κ2) is 7.94. The highest BCUT2D eigenvalue weighted by molar-refractivity contribution is 5.40. The van der Waals surface area contributed by atoms with Crippen LogP contribution in [-0.4, -0.2) is 17.5 Å². The molecule has 1 rings (SSSR count). The number of benzene rings is 1. The molecule has 0 saturated heterocycles. The van der Waals surface area contributed by atoms with Gasteiger partial charge in [0.2, 0.25) is 0 Å². The van der Waals surface area contributed by atoms with Crippen molar-refractivity contribution < 1.29 is 9.31 Å². The standard InChI is InChI=1S/C15H23FN2O2/c1-4-17-14(9-11(2)3)7-5-12-10-13(16)6-8-15(12)18(19)20/h6,8,10-11,14,17H,4-5,7,9H2,1-3H3. The molecule has 1 atom stereocenters. The fourth-order valence-electron chi connectivity index (χ4n) is 2.42. The third-order valence-electron chi connectivity index (χ3n) is 3.25. The molecule has 20 heavy (non-hydrogen) atoms. The largest absolute Gasteiger partial charge is 0.314 e. The zero-order chi connectivity index (χ0) is 15.1. The Labute approximate surface area is 119 Å². The number of hydrogen-bond acceptors (Lipinski definition) is 3. The van der Waals surface area contributed by atoms with E-state index in [1.54, 1.807) is 0 Å². The maximum absolute atomic E-state index is 13.3. The highest BCUT2D eigenvalue weighted by Crippen LogP contribution is 2.22. The van der Waals surface area contributed by atoms with Crippen molar-refractivity contribution in [2.75, 3.05) is 6.54 Å². The quantitative estimate of drug-likeness (QED) is 0.584. The summed E-state index contributed by atoms with van der Waals surface area (Å²) >= 11 is 0. The number of nitro benzene ring substituents is 1. The maximum Gasteiger partial charge on any atom is 0.272 e. The van der Waals surface area contributed by atoms with Crippen molar-refractivity contribution in [3.05, 3.63) is 39.7 Å². The van der Waals surface area contributed by atoms with Gasteiger partial charge in [0.25, 0.3) is 5.69 Å². The molecule has 1 N–H and O–H groups in total. The monoisotopic (exact) mass is 282 g/mol. The Morgan fingerprint density at radius 2 is 2.10 bits per heavy atom. The summed E-state index contributed by atoms with van der Waals surface area (Å²) in [6.45, 7) is 7.20. The molecule has 1 aromatic rings. The first kappa shape index (κ1) is 16.6. The van der Waals surface area contributed by atoms with Crippen LogP contribution in [0.2, 0.25) is 0 Å². The number of halogens is 1. The van der Waals surface area contributed by atoms with Gasteiger partial charge in [-0.15, -0.1) is 0 Å². The van der Waals surface area contributed by atoms with Gasteiger partial charge >= 0.3 is 0 Å². The highest BCUT2D eigenvalue weighted by Gasteiger charge is 2.16. The normalized spacial score (nSPS) is 12.7. The van der Waals surface area contributed by atoms with Crippen molar-refractivity contribution in [3.8, 4) is 0 Å². The summed E-state index contributed by atoms with van der Waals surface area (Å²) in [4.78, 5) is 10.5. The van der Waals surface area contributed by atoms with E-state index in [0.29, 0.717) is 23.9 Å². The van der Waals surface area contributed by atoms with Gasteiger partial charge in [0.05, 0.1) is 4.92 Å². The Kier molecular flexibility index (Phi) is 6.58. The molecule has 0 aliphatic rings. The topological polar surface area (TPSA) is 55.2 Å². The van der Waals surface area contributed by atoms with E-state index >= 15 is 0 Å². The fraction of sp³-hybridized carbons (Fsp3) is 0.600. The van der Waals surface area contributed by atoms with Gasteiger partial charge < -0.3 is 5.32 Å². The van der Waals surface area contributed by atoms with Gasteiger partial charge in [-0.2, -0.15) is 0 Å². The Morgan fingerprint density at radius 3 is 2.65 bits per heavy atom. The van der Waals surface area contributed by atoms with Crippen molar-refractivity contribution in [3.63, 3.8) is 0 Å². The minimum atomic E-state index is -0.445. The average molecular weight is 282 g/mol. The number of aryl methyl sites for hydroxylation is 1. The maximum atomic E-state index is 13.3. The minimum absolute atomic E-state index is 0.00574. The van der Waals surface area contributed by atoms with Crippen molar-refractivity contribution in [2.45, 2.75) is 46.1 Å². The van der Waals surface area contributed by atoms with Crippen LogP contribution in [0.3, 0.4) is 0 Å². The predicted molar refractivity (Wildman–Crippen MR) is 78.3 cm³/mol. The molecule has 0 aliphatic carbocycles. The number of nitro groups is 1. The molecule has 0 heterocycles. The van der Waals surface area contributed by atoms with E-state index in [1.807, 2.05) is 6.92 Å². The first-order valence-corrected chi connectivity index (χ1v) is 7.10. The van der Waals surface area contributed by atoms with Crippen LogP contribution in [0.5, 0.6) is 0 Å². The lowest BCUT2D eigenvalue weighted by molar-refractivity contribution is -0.385. The Morgan fingerprint density at radius 1 is 1.40 bits per heavy atom. The predicted octanol–water partition coefficient (Wildman–Crippen LogP) is 3.69. The van der Waals surface area contributed by atoms with E-state index in [2.05, 4.69) is 19.2 Å². The molecular weight excluding hydrogens is 259 g/mol. The lowest BCUT2D eigenvalue weighted by Crippen LogP contribution is -2.30. The molecule has 1 unspecified atom stereocenters. The van der Waals surface area contributed by atoms with Crippen LogP contribution in [0.4, 0.5) is 10.1 Å². The third kappa shape index (κ3) is 5.25. The average Bonchev–Trinajstić information content (AvgIpc) is 2.35. The van der Waals surface area contributed by atoms with Crippen molar-refractivity contribution in [2.24, 2.45) is 5.92 Å². The third-order valence-corrected chi connectivity index (χ3v) is 3.25. The molecular formula is C15H23FN2O2. The first-order valence-electron chi connectivity index (χ1n) is 7.10. The molecule has 4 nitrogen and oxygen atoms in total. The highest BCUT2D eigenvalue weighted by atomic mass is 19.1. The molecule has 0 spiro atoms. The van der Waals surface area contributed by atoms with Gasteiger partial charge in [0.15, 0.2) is 0 Å². The smallest absolute Gasteiger partial charge is 0.272 e. The summed E-state index contributed by atoms with van der Waals surface area (Å²) < 4.78 is 13.3. The summed E-state index contributed by atoms with van der Waals surface area (Å²) in [7, 11) is 0. The molecule has 0 saturated carbocycles. The van der Waals surface area contributed by atoms with E-state index < -0.39 is 10.7 Å². The SMILES string of the molecule is CCNC(CCc1cc(F)ccc1[N+](=O)[O-])CC(C)C. The van der Waals surface area contributed by atoms with Gasteiger partial charge in [-0.25, -0.2) is 4.39 Å². The molecule has 0 fully saturated rings. The number of nitrogens with zero attached hydrogens (tertiary/aromatic N) is 1. The van der Waals surface area contributed by atoms with Crippen LogP contribution in [0.15, 0.2) is 18.2 Å². The molecule has 0 amide bonds. The van der Waals surface area contributed by atoms with Gasteiger partial charge in [0.1, 0.15) is 5.82 Å². The molecule has 0 aliphatic heterocycles. The second-order valence-electron chi connectivity index (χ2n) is 5.45. The fourth-order valence-corrected chi connectivity index (χ4v) is 2.42. The van der Waals surface area contributed by atoms with Crippen LogP contribution in [0.1, 0.15) is 39.2 Å². The summed E-state index contributed by atoms with van der Waals surface area (Å²) in [5.74, 6) is 0.135. The number of nitrogens with one attached hydrogen (secondary N) is 1. The molecule has 112 valence electrons. The van der Waals surface area contributed by atoms with E-state index in [-0.39, 0.29) is 5.69 Å². The Hall–Kier alpha value is -1.49. The molecule has 0 radical (unpaired) electrons. The van der Waals surface area contributed by atoms with Gasteiger partial charge in [-0.1, -0.05) is 20.8 Å². The summed E-state index contributed by atoms with van der Waals surface area (Å²) in [6, 6.07) is 3.96. The molecule has 0 aromatic heterocycles. The second-order valence-corrected chi connectivity index (χ2v) is 5.45. The zero-order valence-corrected chi connectivity index (χ0v) is 12.4. The minimum Gasteiger partial charge on any atom is -0.314 e. The van der Waals surface area contributed by atoms with Crippen molar-refractivity contribution in [1.29, 1.82) is 0 Å². The summed E-state index contributed by atoms with van der Waals surface area (Å²) in [6.07, 6.45) is 2.30. The van der Waals surface area contributed by atoms with E-state index in [9.17, 15) is 14.5 Å². The van der Waals surface area contributed by atoms with E-state index in [1.165, 1.54) is 12.1 Å². The van der Waals surface area contributed by atoms with Gasteiger partial charge in [-0.05, 0) is 43.9 Å².